The lowest BCUT2D eigenvalue weighted by Crippen LogP contribution is -2.48. The summed E-state index contributed by atoms with van der Waals surface area (Å²) in [6, 6.07) is 3.80. The summed E-state index contributed by atoms with van der Waals surface area (Å²) in [6.45, 7) is 1.63. The van der Waals surface area contributed by atoms with Gasteiger partial charge in [0.25, 0.3) is 0 Å². The molecule has 0 saturated carbocycles. The third kappa shape index (κ3) is 5.32. The van der Waals surface area contributed by atoms with Gasteiger partial charge in [-0.3, -0.25) is 4.21 Å². The van der Waals surface area contributed by atoms with Gasteiger partial charge < -0.3 is 10.2 Å². The van der Waals surface area contributed by atoms with Crippen LogP contribution >= 0.6 is 0 Å². The van der Waals surface area contributed by atoms with Crippen LogP contribution in [0.1, 0.15) is 18.5 Å². The Morgan fingerprint density at radius 2 is 1.86 bits per heavy atom. The number of hydrogen-bond acceptors (Lipinski definition) is 2. The maximum atomic E-state index is 13.2. The molecule has 8 heteroatoms. The molecule has 0 unspecified atom stereocenters. The van der Waals surface area contributed by atoms with Gasteiger partial charge in [0.1, 0.15) is 0 Å². The predicted molar refractivity (Wildman–Crippen MR) is 79.9 cm³/mol. The second-order valence-electron chi connectivity index (χ2n) is 5.03. The van der Waals surface area contributed by atoms with E-state index in [2.05, 4.69) is 0 Å². The highest BCUT2D eigenvalue weighted by Gasteiger charge is 2.42. The molecule has 0 bridgehead atoms. The van der Waals surface area contributed by atoms with Crippen molar-refractivity contribution in [2.45, 2.75) is 25.2 Å². The molecule has 22 heavy (non-hydrogen) atoms. The van der Waals surface area contributed by atoms with Gasteiger partial charge in [-0.2, -0.15) is 13.2 Å². The molecule has 1 aromatic rings. The zero-order valence-corrected chi connectivity index (χ0v) is 13.4. The van der Waals surface area contributed by atoms with Crippen molar-refractivity contribution >= 4 is 16.8 Å². The normalized spacial score (nSPS) is 15.7. The van der Waals surface area contributed by atoms with Crippen LogP contribution in [-0.2, 0) is 10.8 Å². The van der Waals surface area contributed by atoms with Gasteiger partial charge >= 0.3 is 12.2 Å². The van der Waals surface area contributed by atoms with Crippen molar-refractivity contribution in [2.24, 2.45) is 0 Å². The highest BCUT2D eigenvalue weighted by atomic mass is 32.2. The fraction of sp³-hybridized carbons (Fsp3) is 0.500. The Hall–Kier alpha value is -1.57. The van der Waals surface area contributed by atoms with Crippen molar-refractivity contribution in [3.8, 4) is 0 Å². The first-order chi connectivity index (χ1) is 10.1. The number of rotatable bonds is 5. The molecule has 0 aromatic heterocycles. The SMILES string of the molecule is C[C@H](C[S@](C)=O)N(C)C(=O)N[C@H](c1ccccc1)C(F)(F)F. The van der Waals surface area contributed by atoms with Gasteiger partial charge in [0.05, 0.1) is 0 Å². The summed E-state index contributed by atoms with van der Waals surface area (Å²) in [7, 11) is 0.238. The smallest absolute Gasteiger partial charge is 0.324 e. The Labute approximate surface area is 130 Å². The summed E-state index contributed by atoms with van der Waals surface area (Å²) >= 11 is 0. The molecule has 0 aliphatic heterocycles. The predicted octanol–water partition coefficient (Wildman–Crippen LogP) is 2.70. The fourth-order valence-corrected chi connectivity index (χ4v) is 2.78. The fourth-order valence-electron chi connectivity index (χ4n) is 1.88. The minimum absolute atomic E-state index is 0.0385. The van der Waals surface area contributed by atoms with E-state index in [1.54, 1.807) is 13.0 Å². The molecule has 0 saturated heterocycles. The van der Waals surface area contributed by atoms with E-state index in [1.165, 1.54) is 37.6 Å². The van der Waals surface area contributed by atoms with Crippen molar-refractivity contribution in [1.29, 1.82) is 0 Å². The minimum atomic E-state index is -4.60. The second kappa shape index (κ2) is 7.62. The molecule has 0 spiro atoms. The van der Waals surface area contributed by atoms with Crippen LogP contribution in [0.3, 0.4) is 0 Å². The molecule has 0 heterocycles. The summed E-state index contributed by atoms with van der Waals surface area (Å²) in [5, 5.41) is 1.99. The van der Waals surface area contributed by atoms with Crippen LogP contribution in [0.15, 0.2) is 30.3 Å². The van der Waals surface area contributed by atoms with Gasteiger partial charge in [0.2, 0.25) is 0 Å². The van der Waals surface area contributed by atoms with E-state index in [4.69, 9.17) is 0 Å². The van der Waals surface area contributed by atoms with Crippen LogP contribution in [0.4, 0.5) is 18.0 Å². The van der Waals surface area contributed by atoms with Crippen LogP contribution < -0.4 is 5.32 Å². The number of halogens is 3. The van der Waals surface area contributed by atoms with Crippen molar-refractivity contribution in [3.05, 3.63) is 35.9 Å². The van der Waals surface area contributed by atoms with Crippen molar-refractivity contribution in [3.63, 3.8) is 0 Å². The number of nitrogens with one attached hydrogen (secondary N) is 1. The maximum absolute atomic E-state index is 13.2. The second-order valence-corrected chi connectivity index (χ2v) is 6.51. The van der Waals surface area contributed by atoms with Crippen LogP contribution in [0.2, 0.25) is 0 Å². The Morgan fingerprint density at radius 3 is 2.32 bits per heavy atom. The van der Waals surface area contributed by atoms with Gasteiger partial charge in [0.15, 0.2) is 6.04 Å². The van der Waals surface area contributed by atoms with Crippen LogP contribution in [0.5, 0.6) is 0 Å². The molecule has 0 radical (unpaired) electrons. The molecule has 1 rings (SSSR count). The van der Waals surface area contributed by atoms with E-state index in [-0.39, 0.29) is 11.3 Å². The topological polar surface area (TPSA) is 49.4 Å². The molecule has 124 valence electrons. The summed E-state index contributed by atoms with van der Waals surface area (Å²) in [5.41, 5.74) is -0.0385. The molecule has 0 aliphatic rings. The zero-order chi connectivity index (χ0) is 16.9. The van der Waals surface area contributed by atoms with Gasteiger partial charge in [0, 0.05) is 35.9 Å². The van der Waals surface area contributed by atoms with E-state index in [1.807, 2.05) is 5.32 Å². The average molecular weight is 336 g/mol. The Bertz CT molecular complexity index is 523. The van der Waals surface area contributed by atoms with Crippen molar-refractivity contribution < 1.29 is 22.2 Å². The number of urea groups is 1. The monoisotopic (exact) mass is 336 g/mol. The number of benzene rings is 1. The summed E-state index contributed by atoms with van der Waals surface area (Å²) in [4.78, 5) is 13.1. The number of alkyl halides is 3. The Kier molecular flexibility index (Phi) is 6.40. The lowest BCUT2D eigenvalue weighted by atomic mass is 10.1. The van der Waals surface area contributed by atoms with Crippen LogP contribution in [0.25, 0.3) is 0 Å². The quantitative estimate of drug-likeness (QED) is 0.899. The van der Waals surface area contributed by atoms with Gasteiger partial charge in [-0.05, 0) is 12.5 Å². The zero-order valence-electron chi connectivity index (χ0n) is 12.6. The number of amides is 2. The van der Waals surface area contributed by atoms with Gasteiger partial charge in [-0.25, -0.2) is 4.79 Å². The first-order valence-electron chi connectivity index (χ1n) is 6.58. The van der Waals surface area contributed by atoms with E-state index in [0.29, 0.717) is 0 Å². The molecule has 2 amide bonds. The molecule has 1 aromatic carbocycles. The van der Waals surface area contributed by atoms with Gasteiger partial charge in [-0.1, -0.05) is 30.3 Å². The van der Waals surface area contributed by atoms with E-state index >= 15 is 0 Å². The first kappa shape index (κ1) is 18.5. The van der Waals surface area contributed by atoms with Crippen molar-refractivity contribution in [2.75, 3.05) is 19.1 Å². The van der Waals surface area contributed by atoms with Crippen LogP contribution in [-0.4, -0.2) is 46.4 Å². The summed E-state index contributed by atoms with van der Waals surface area (Å²) < 4.78 is 50.6. The maximum Gasteiger partial charge on any atom is 0.412 e. The largest absolute Gasteiger partial charge is 0.412 e. The van der Waals surface area contributed by atoms with Gasteiger partial charge in [-0.15, -0.1) is 0 Å². The lowest BCUT2D eigenvalue weighted by Gasteiger charge is -2.28. The highest BCUT2D eigenvalue weighted by molar-refractivity contribution is 7.84. The third-order valence-corrected chi connectivity index (χ3v) is 4.14. The molecule has 3 atom stereocenters. The number of nitrogens with zero attached hydrogens (tertiary/aromatic N) is 1. The summed E-state index contributed by atoms with van der Waals surface area (Å²) in [5.74, 6) is 0.200. The summed E-state index contributed by atoms with van der Waals surface area (Å²) in [6.07, 6.45) is -3.13. The molecule has 1 N–H and O–H groups in total. The van der Waals surface area contributed by atoms with E-state index < -0.39 is 35.1 Å². The lowest BCUT2D eigenvalue weighted by molar-refractivity contribution is -0.155. The average Bonchev–Trinajstić information content (AvgIpc) is 2.42. The molecule has 4 nitrogen and oxygen atoms in total. The number of hydrogen-bond donors (Lipinski definition) is 1. The Morgan fingerprint density at radius 1 is 1.32 bits per heavy atom. The molecular weight excluding hydrogens is 317 g/mol. The molecule has 0 aliphatic carbocycles. The third-order valence-electron chi connectivity index (χ3n) is 3.19. The Balaban J connectivity index is 2.87. The first-order valence-corrected chi connectivity index (χ1v) is 8.30. The molecular formula is C14H19F3N2O2S. The van der Waals surface area contributed by atoms with Crippen molar-refractivity contribution in [1.82, 2.24) is 10.2 Å². The van der Waals surface area contributed by atoms with Crippen LogP contribution in [0, 0.1) is 0 Å². The minimum Gasteiger partial charge on any atom is -0.324 e. The number of carbonyl (C=O) groups is 1. The highest BCUT2D eigenvalue weighted by Crippen LogP contribution is 2.32. The number of carbonyl (C=O) groups excluding carboxylic acids is 1. The van der Waals surface area contributed by atoms with E-state index in [9.17, 15) is 22.2 Å². The molecule has 0 fully saturated rings. The van der Waals surface area contributed by atoms with E-state index in [0.717, 1.165) is 4.90 Å². The standard InChI is InChI=1S/C14H19F3N2O2S/c1-10(9-22(3)21)19(2)13(20)18-12(14(15,16)17)11-7-5-4-6-8-11/h4-8,10,12H,9H2,1-3H3,(H,18,20)/t10-,12-,22+/m1/s1.